The van der Waals surface area contributed by atoms with Crippen molar-refractivity contribution in [1.29, 1.82) is 0 Å². The van der Waals surface area contributed by atoms with Crippen LogP contribution in [0.5, 0.6) is 0 Å². The van der Waals surface area contributed by atoms with Gasteiger partial charge in [-0.3, -0.25) is 9.58 Å². The highest BCUT2D eigenvalue weighted by atomic mass is 16.5. The number of rotatable bonds is 5. The summed E-state index contributed by atoms with van der Waals surface area (Å²) >= 11 is 0. The fraction of sp³-hybridized carbons (Fsp3) is 0.769. The van der Waals surface area contributed by atoms with Crippen LogP contribution >= 0.6 is 0 Å². The highest BCUT2D eigenvalue weighted by Crippen LogP contribution is 2.29. The zero-order chi connectivity index (χ0) is 12.4. The lowest BCUT2D eigenvalue weighted by Gasteiger charge is -2.21. The molecule has 5 heteroatoms. The number of ether oxygens (including phenoxy) is 1. The van der Waals surface area contributed by atoms with Crippen molar-refractivity contribution in [2.75, 3.05) is 32.1 Å². The average Bonchev–Trinajstić information content (AvgIpc) is 3.05. The number of fused-ring (bicyclic) bond motifs is 1. The van der Waals surface area contributed by atoms with Gasteiger partial charge in [-0.25, -0.2) is 0 Å². The molecule has 0 aliphatic carbocycles. The monoisotopic (exact) mass is 250 g/mol. The molecule has 2 fully saturated rings. The van der Waals surface area contributed by atoms with Crippen LogP contribution in [-0.4, -0.2) is 53.6 Å². The van der Waals surface area contributed by atoms with Gasteiger partial charge < -0.3 is 10.1 Å². The summed E-state index contributed by atoms with van der Waals surface area (Å²) in [6.07, 6.45) is 7.96. The molecule has 1 N–H and O–H groups in total. The molecule has 0 amide bonds. The maximum atomic E-state index is 5.06. The minimum Gasteiger partial charge on any atom is -0.383 e. The van der Waals surface area contributed by atoms with Crippen LogP contribution in [0, 0.1) is 0 Å². The topological polar surface area (TPSA) is 42.3 Å². The number of nitrogens with zero attached hydrogens (tertiary/aromatic N) is 3. The van der Waals surface area contributed by atoms with Crippen LogP contribution in [0.1, 0.15) is 19.3 Å². The molecule has 0 aromatic carbocycles. The van der Waals surface area contributed by atoms with E-state index < -0.39 is 0 Å². The quantitative estimate of drug-likeness (QED) is 0.852. The van der Waals surface area contributed by atoms with Crippen molar-refractivity contribution >= 4 is 5.69 Å². The summed E-state index contributed by atoms with van der Waals surface area (Å²) in [5.74, 6) is 0. The zero-order valence-electron chi connectivity index (χ0n) is 11.0. The molecule has 2 saturated heterocycles. The molecule has 100 valence electrons. The van der Waals surface area contributed by atoms with E-state index in [1.54, 1.807) is 7.11 Å². The lowest BCUT2D eigenvalue weighted by molar-refractivity contribution is 0.183. The molecule has 3 heterocycles. The Morgan fingerprint density at radius 3 is 3.28 bits per heavy atom. The van der Waals surface area contributed by atoms with Crippen LogP contribution in [0.25, 0.3) is 0 Å². The summed E-state index contributed by atoms with van der Waals surface area (Å²) < 4.78 is 7.00. The maximum absolute atomic E-state index is 5.06. The highest BCUT2D eigenvalue weighted by Gasteiger charge is 2.36. The number of hydrogen-bond acceptors (Lipinski definition) is 4. The summed E-state index contributed by atoms with van der Waals surface area (Å²) in [6.45, 7) is 4.06. The van der Waals surface area contributed by atoms with E-state index in [-0.39, 0.29) is 0 Å². The number of methoxy groups -OCH3 is 1. The Morgan fingerprint density at radius 2 is 2.39 bits per heavy atom. The van der Waals surface area contributed by atoms with E-state index in [0.717, 1.165) is 18.3 Å². The van der Waals surface area contributed by atoms with Crippen LogP contribution in [-0.2, 0) is 11.3 Å². The molecule has 3 rings (SSSR count). The summed E-state index contributed by atoms with van der Waals surface area (Å²) in [7, 11) is 1.72. The van der Waals surface area contributed by atoms with E-state index in [2.05, 4.69) is 21.5 Å². The molecule has 2 unspecified atom stereocenters. The Hall–Kier alpha value is -1.07. The summed E-state index contributed by atoms with van der Waals surface area (Å²) in [5.41, 5.74) is 1.14. The Labute approximate surface area is 108 Å². The highest BCUT2D eigenvalue weighted by molar-refractivity contribution is 5.40. The molecular formula is C13H22N4O. The fourth-order valence-corrected chi connectivity index (χ4v) is 3.21. The Kier molecular flexibility index (Phi) is 3.52. The molecule has 1 aromatic rings. The van der Waals surface area contributed by atoms with Crippen molar-refractivity contribution in [2.24, 2.45) is 0 Å². The van der Waals surface area contributed by atoms with Crippen LogP contribution in [0.2, 0.25) is 0 Å². The van der Waals surface area contributed by atoms with Gasteiger partial charge >= 0.3 is 0 Å². The van der Waals surface area contributed by atoms with E-state index in [0.29, 0.717) is 12.6 Å². The standard InChI is InChI=1S/C13H22N4O/c1-18-8-7-17-10-11(9-14-17)15-12-4-6-16-5-2-3-13(12)16/h9-10,12-13,15H,2-8H2,1H3. The van der Waals surface area contributed by atoms with Crippen LogP contribution in [0.15, 0.2) is 12.4 Å². The van der Waals surface area contributed by atoms with Crippen LogP contribution in [0.3, 0.4) is 0 Å². The third-order valence-corrected chi connectivity index (χ3v) is 4.12. The van der Waals surface area contributed by atoms with Gasteiger partial charge in [0.05, 0.1) is 25.0 Å². The first-order valence-electron chi connectivity index (χ1n) is 6.89. The second kappa shape index (κ2) is 5.28. The molecule has 2 aliphatic rings. The smallest absolute Gasteiger partial charge is 0.0729 e. The molecule has 1 aromatic heterocycles. The van der Waals surface area contributed by atoms with E-state index in [4.69, 9.17) is 4.74 Å². The van der Waals surface area contributed by atoms with E-state index in [1.807, 2.05) is 10.9 Å². The second-order valence-electron chi connectivity index (χ2n) is 5.27. The normalized spacial score (nSPS) is 27.6. The molecule has 0 bridgehead atoms. The van der Waals surface area contributed by atoms with Gasteiger partial charge in [-0.15, -0.1) is 0 Å². The predicted octanol–water partition coefficient (Wildman–Crippen LogP) is 1.18. The van der Waals surface area contributed by atoms with E-state index in [1.165, 1.54) is 32.4 Å². The third-order valence-electron chi connectivity index (χ3n) is 4.12. The van der Waals surface area contributed by atoms with Crippen LogP contribution < -0.4 is 5.32 Å². The minimum absolute atomic E-state index is 0.604. The molecule has 18 heavy (non-hydrogen) atoms. The lowest BCUT2D eigenvalue weighted by atomic mass is 10.1. The van der Waals surface area contributed by atoms with E-state index in [9.17, 15) is 0 Å². The summed E-state index contributed by atoms with van der Waals surface area (Å²) in [4.78, 5) is 2.62. The Bertz CT molecular complexity index is 392. The molecule has 2 aliphatic heterocycles. The molecule has 0 saturated carbocycles. The zero-order valence-corrected chi connectivity index (χ0v) is 11.0. The minimum atomic E-state index is 0.604. The molecule has 5 nitrogen and oxygen atoms in total. The first kappa shape index (κ1) is 12.0. The van der Waals surface area contributed by atoms with Crippen molar-refractivity contribution in [3.05, 3.63) is 12.4 Å². The van der Waals surface area contributed by atoms with Crippen molar-refractivity contribution < 1.29 is 4.74 Å². The van der Waals surface area contributed by atoms with Crippen molar-refractivity contribution in [1.82, 2.24) is 14.7 Å². The lowest BCUT2D eigenvalue weighted by Crippen LogP contribution is -2.33. The number of nitrogens with one attached hydrogen (secondary N) is 1. The first-order valence-corrected chi connectivity index (χ1v) is 6.89. The van der Waals surface area contributed by atoms with Gasteiger partial charge in [-0.2, -0.15) is 5.10 Å². The van der Waals surface area contributed by atoms with Gasteiger partial charge in [0.25, 0.3) is 0 Å². The number of aromatic nitrogens is 2. The predicted molar refractivity (Wildman–Crippen MR) is 70.7 cm³/mol. The fourth-order valence-electron chi connectivity index (χ4n) is 3.21. The van der Waals surface area contributed by atoms with Gasteiger partial charge in [0.15, 0.2) is 0 Å². The molecular weight excluding hydrogens is 228 g/mol. The SMILES string of the molecule is COCCn1cc(NC2CCN3CCCC23)cn1. The summed E-state index contributed by atoms with van der Waals surface area (Å²) in [5, 5.41) is 7.99. The van der Waals surface area contributed by atoms with E-state index >= 15 is 0 Å². The third kappa shape index (κ3) is 2.37. The van der Waals surface area contributed by atoms with Gasteiger partial charge in [-0.05, 0) is 25.8 Å². The first-order chi connectivity index (χ1) is 8.86. The largest absolute Gasteiger partial charge is 0.383 e. The van der Waals surface area contributed by atoms with Crippen molar-refractivity contribution in [2.45, 2.75) is 37.9 Å². The Balaban J connectivity index is 1.57. The average molecular weight is 250 g/mol. The molecule has 2 atom stereocenters. The van der Waals surface area contributed by atoms with Gasteiger partial charge in [0.2, 0.25) is 0 Å². The molecule has 0 radical (unpaired) electrons. The van der Waals surface area contributed by atoms with Crippen molar-refractivity contribution in [3.8, 4) is 0 Å². The number of anilines is 1. The summed E-state index contributed by atoms with van der Waals surface area (Å²) in [6, 6.07) is 1.35. The van der Waals surface area contributed by atoms with Gasteiger partial charge in [0.1, 0.15) is 0 Å². The van der Waals surface area contributed by atoms with Crippen molar-refractivity contribution in [3.63, 3.8) is 0 Å². The van der Waals surface area contributed by atoms with Gasteiger partial charge in [0, 0.05) is 31.9 Å². The van der Waals surface area contributed by atoms with Crippen LogP contribution in [0.4, 0.5) is 5.69 Å². The van der Waals surface area contributed by atoms with Gasteiger partial charge in [-0.1, -0.05) is 0 Å². The second-order valence-corrected chi connectivity index (χ2v) is 5.27. The number of hydrogen-bond donors (Lipinski definition) is 1. The maximum Gasteiger partial charge on any atom is 0.0729 e. The Morgan fingerprint density at radius 1 is 1.44 bits per heavy atom. The molecule has 0 spiro atoms.